The molecule has 0 spiro atoms. The summed E-state index contributed by atoms with van der Waals surface area (Å²) in [5.74, 6) is -0.0952. The molecule has 0 aromatic rings. The summed E-state index contributed by atoms with van der Waals surface area (Å²) in [5, 5.41) is 23.2. The Hall–Kier alpha value is -2.18. The summed E-state index contributed by atoms with van der Waals surface area (Å²) in [5.41, 5.74) is 0. The molecule has 0 saturated carbocycles. The van der Waals surface area contributed by atoms with Crippen LogP contribution in [0.25, 0.3) is 0 Å². The second kappa shape index (κ2) is 62.4. The molecule has 0 bridgehead atoms. The predicted octanol–water partition coefficient (Wildman–Crippen LogP) is 20.5. The number of carbonyl (C=O) groups is 2. The molecular formula is C67H125NO5. The van der Waals surface area contributed by atoms with E-state index in [0.717, 1.165) is 64.2 Å². The smallest absolute Gasteiger partial charge is 0.305 e. The van der Waals surface area contributed by atoms with Gasteiger partial charge >= 0.3 is 5.97 Å². The van der Waals surface area contributed by atoms with Gasteiger partial charge in [-0.3, -0.25) is 9.59 Å². The van der Waals surface area contributed by atoms with Crippen LogP contribution in [0.1, 0.15) is 341 Å². The lowest BCUT2D eigenvalue weighted by Gasteiger charge is -2.20. The molecule has 0 aromatic carbocycles. The summed E-state index contributed by atoms with van der Waals surface area (Å²) in [4.78, 5) is 24.6. The summed E-state index contributed by atoms with van der Waals surface area (Å²) >= 11 is 0. The molecule has 6 heteroatoms. The van der Waals surface area contributed by atoms with Crippen LogP contribution in [-0.4, -0.2) is 47.4 Å². The van der Waals surface area contributed by atoms with E-state index in [9.17, 15) is 19.8 Å². The highest BCUT2D eigenvalue weighted by atomic mass is 16.5. The van der Waals surface area contributed by atoms with E-state index < -0.39 is 12.1 Å². The fourth-order valence-corrected chi connectivity index (χ4v) is 9.82. The van der Waals surface area contributed by atoms with Crippen molar-refractivity contribution < 1.29 is 24.5 Å². The standard InChI is InChI=1S/C67H125NO5/c1-3-5-7-9-11-13-15-17-19-20-21-22-23-24-25-26-27-29-32-35-39-43-47-51-55-59-65(70)64(63-69)68-66(71)60-56-52-48-44-40-36-33-30-28-31-34-38-42-46-50-54-58-62-73-67(72)61-57-53-49-45-41-37-18-16-14-12-10-8-6-4-2/h10,12,16,18,28,31,55,59,64-65,69-70H,3-9,11,13-15,17,19-27,29-30,32-54,56-58,60-63H2,1-2H3,(H,68,71)/b12-10-,18-16-,31-28-,59-55+. The van der Waals surface area contributed by atoms with Crippen molar-refractivity contribution in [3.05, 3.63) is 48.6 Å². The van der Waals surface area contributed by atoms with Crippen LogP contribution in [0, 0.1) is 0 Å². The zero-order valence-electron chi connectivity index (χ0n) is 48.9. The third-order valence-corrected chi connectivity index (χ3v) is 14.8. The second-order valence-electron chi connectivity index (χ2n) is 22.1. The first kappa shape index (κ1) is 70.8. The predicted molar refractivity (Wildman–Crippen MR) is 319 cm³/mol. The van der Waals surface area contributed by atoms with Crippen molar-refractivity contribution in [3.8, 4) is 0 Å². The van der Waals surface area contributed by atoms with Gasteiger partial charge in [-0.1, -0.05) is 294 Å². The van der Waals surface area contributed by atoms with Crippen LogP contribution < -0.4 is 5.32 Å². The van der Waals surface area contributed by atoms with Gasteiger partial charge in [-0.2, -0.15) is 0 Å². The number of allylic oxidation sites excluding steroid dienone is 7. The first-order valence-corrected chi connectivity index (χ1v) is 32.4. The van der Waals surface area contributed by atoms with E-state index in [0.29, 0.717) is 19.4 Å². The molecule has 3 N–H and O–H groups in total. The highest BCUT2D eigenvalue weighted by molar-refractivity contribution is 5.76. The molecule has 6 nitrogen and oxygen atoms in total. The molecule has 2 atom stereocenters. The monoisotopic (exact) mass is 1020 g/mol. The molecule has 1 amide bonds. The largest absolute Gasteiger partial charge is 0.466 e. The summed E-state index contributed by atoms with van der Waals surface area (Å²) in [6, 6.07) is -0.640. The summed E-state index contributed by atoms with van der Waals surface area (Å²) in [7, 11) is 0. The molecule has 0 radical (unpaired) electrons. The van der Waals surface area contributed by atoms with Crippen molar-refractivity contribution in [3.63, 3.8) is 0 Å². The average Bonchev–Trinajstić information content (AvgIpc) is 3.39. The van der Waals surface area contributed by atoms with Gasteiger partial charge in [-0.15, -0.1) is 0 Å². The third-order valence-electron chi connectivity index (χ3n) is 14.8. The van der Waals surface area contributed by atoms with E-state index in [1.165, 1.54) is 250 Å². The number of hydrogen-bond acceptors (Lipinski definition) is 5. The van der Waals surface area contributed by atoms with Gasteiger partial charge in [-0.05, 0) is 83.5 Å². The maximum atomic E-state index is 12.5. The Morgan fingerprint density at radius 1 is 0.384 bits per heavy atom. The number of amides is 1. The minimum Gasteiger partial charge on any atom is -0.466 e. The third kappa shape index (κ3) is 58.9. The number of rotatable bonds is 60. The Balaban J connectivity index is 3.49. The second-order valence-corrected chi connectivity index (χ2v) is 22.1. The van der Waals surface area contributed by atoms with Gasteiger partial charge in [0.25, 0.3) is 0 Å². The minimum atomic E-state index is -0.855. The summed E-state index contributed by atoms with van der Waals surface area (Å²) in [6.07, 6.45) is 80.1. The van der Waals surface area contributed by atoms with Crippen molar-refractivity contribution in [2.24, 2.45) is 0 Å². The van der Waals surface area contributed by atoms with Crippen LogP contribution >= 0.6 is 0 Å². The molecule has 428 valence electrons. The Kier molecular flexibility index (Phi) is 60.5. The first-order valence-electron chi connectivity index (χ1n) is 32.4. The van der Waals surface area contributed by atoms with Gasteiger partial charge in [-0.25, -0.2) is 0 Å². The van der Waals surface area contributed by atoms with Gasteiger partial charge in [0.05, 0.1) is 25.4 Å². The number of carbonyl (C=O) groups excluding carboxylic acids is 2. The van der Waals surface area contributed by atoms with Crippen molar-refractivity contribution in [2.75, 3.05) is 13.2 Å². The number of unbranched alkanes of at least 4 members (excludes halogenated alkanes) is 43. The van der Waals surface area contributed by atoms with Gasteiger partial charge in [0.1, 0.15) is 0 Å². The van der Waals surface area contributed by atoms with Crippen LogP contribution in [0.4, 0.5) is 0 Å². The van der Waals surface area contributed by atoms with E-state index in [-0.39, 0.29) is 18.5 Å². The first-order chi connectivity index (χ1) is 36.0. The van der Waals surface area contributed by atoms with E-state index in [1.54, 1.807) is 6.08 Å². The maximum absolute atomic E-state index is 12.5. The SMILES string of the molecule is CCCC/C=C\C/C=C\CCCCCCCC(=O)OCCCCCCCC/C=C\CCCCCCCCCC(=O)NC(CO)C(O)/C=C/CCCCCCCCCCCCCCCCCCCCCCCCC. The van der Waals surface area contributed by atoms with Gasteiger partial charge in [0.15, 0.2) is 0 Å². The highest BCUT2D eigenvalue weighted by Gasteiger charge is 2.18. The van der Waals surface area contributed by atoms with E-state index >= 15 is 0 Å². The molecule has 0 saturated heterocycles. The molecule has 0 heterocycles. The van der Waals surface area contributed by atoms with E-state index in [1.807, 2.05) is 6.08 Å². The molecular weight excluding hydrogens is 899 g/mol. The van der Waals surface area contributed by atoms with Gasteiger partial charge < -0.3 is 20.3 Å². The lowest BCUT2D eigenvalue weighted by molar-refractivity contribution is -0.143. The zero-order chi connectivity index (χ0) is 52.9. The molecule has 0 aliphatic rings. The fraction of sp³-hybridized carbons (Fsp3) is 0.851. The van der Waals surface area contributed by atoms with Crippen LogP contribution in [-0.2, 0) is 14.3 Å². The molecule has 73 heavy (non-hydrogen) atoms. The number of aliphatic hydroxyl groups is 2. The van der Waals surface area contributed by atoms with Crippen molar-refractivity contribution in [2.45, 2.75) is 353 Å². The number of esters is 1. The normalized spacial score (nSPS) is 12.9. The minimum absolute atomic E-state index is 0.0172. The van der Waals surface area contributed by atoms with E-state index in [2.05, 4.69) is 55.6 Å². The van der Waals surface area contributed by atoms with Crippen LogP contribution in [0.5, 0.6) is 0 Å². The van der Waals surface area contributed by atoms with Crippen LogP contribution in [0.15, 0.2) is 48.6 Å². The summed E-state index contributed by atoms with van der Waals surface area (Å²) in [6.45, 7) is 4.85. The summed E-state index contributed by atoms with van der Waals surface area (Å²) < 4.78 is 5.46. The van der Waals surface area contributed by atoms with Crippen LogP contribution in [0.2, 0.25) is 0 Å². The molecule has 0 aliphatic heterocycles. The Morgan fingerprint density at radius 3 is 1.10 bits per heavy atom. The molecule has 0 fully saturated rings. The molecule has 0 aromatic heterocycles. The molecule has 2 unspecified atom stereocenters. The topological polar surface area (TPSA) is 95.9 Å². The maximum Gasteiger partial charge on any atom is 0.305 e. The van der Waals surface area contributed by atoms with Crippen molar-refractivity contribution in [1.29, 1.82) is 0 Å². The van der Waals surface area contributed by atoms with Gasteiger partial charge in [0.2, 0.25) is 5.91 Å². The highest BCUT2D eigenvalue weighted by Crippen LogP contribution is 2.17. The van der Waals surface area contributed by atoms with Crippen LogP contribution in [0.3, 0.4) is 0 Å². The Labute approximate surface area is 455 Å². The van der Waals surface area contributed by atoms with Gasteiger partial charge in [0, 0.05) is 12.8 Å². The lowest BCUT2D eigenvalue weighted by atomic mass is 10.0. The number of ether oxygens (including phenoxy) is 1. The number of aliphatic hydroxyl groups excluding tert-OH is 2. The fourth-order valence-electron chi connectivity index (χ4n) is 9.82. The van der Waals surface area contributed by atoms with Crippen molar-refractivity contribution >= 4 is 11.9 Å². The van der Waals surface area contributed by atoms with Crippen molar-refractivity contribution in [1.82, 2.24) is 5.32 Å². The number of nitrogens with one attached hydrogen (secondary N) is 1. The Morgan fingerprint density at radius 2 is 0.699 bits per heavy atom. The Bertz CT molecular complexity index is 1230. The zero-order valence-corrected chi connectivity index (χ0v) is 48.9. The quantitative estimate of drug-likeness (QED) is 0.0320. The lowest BCUT2D eigenvalue weighted by Crippen LogP contribution is -2.45. The molecule has 0 aliphatic carbocycles. The molecule has 0 rings (SSSR count). The van der Waals surface area contributed by atoms with E-state index in [4.69, 9.17) is 4.74 Å². The number of hydrogen-bond donors (Lipinski definition) is 3. The average molecular weight is 1020 g/mol.